The third kappa shape index (κ3) is 4.38. The molecule has 0 bridgehead atoms. The van der Waals surface area contributed by atoms with E-state index in [0.29, 0.717) is 0 Å². The first kappa shape index (κ1) is 26.4. The Labute approximate surface area is 260 Å². The van der Waals surface area contributed by atoms with E-state index in [4.69, 9.17) is 0 Å². The molecule has 210 valence electrons. The highest BCUT2D eigenvalue weighted by molar-refractivity contribution is 6.21. The van der Waals surface area contributed by atoms with Crippen LogP contribution in [0.5, 0.6) is 0 Å². The first-order valence-corrected chi connectivity index (χ1v) is 15.6. The van der Waals surface area contributed by atoms with Gasteiger partial charge < -0.3 is 0 Å². The molecule has 44 heavy (non-hydrogen) atoms. The van der Waals surface area contributed by atoms with Crippen LogP contribution in [-0.2, 0) is 6.42 Å². The van der Waals surface area contributed by atoms with E-state index >= 15 is 0 Å². The fourth-order valence-electron chi connectivity index (χ4n) is 7.10. The zero-order valence-corrected chi connectivity index (χ0v) is 25.5. The lowest BCUT2D eigenvalue weighted by molar-refractivity contribution is 1.31. The summed E-state index contributed by atoms with van der Waals surface area (Å²) in [5.74, 6) is 0. The van der Waals surface area contributed by atoms with Gasteiger partial charge in [-0.1, -0.05) is 156 Å². The van der Waals surface area contributed by atoms with Crippen LogP contribution in [0, 0.1) is 20.8 Å². The van der Waals surface area contributed by atoms with E-state index in [0.717, 1.165) is 6.42 Å². The van der Waals surface area contributed by atoms with Gasteiger partial charge in [0.15, 0.2) is 0 Å². The van der Waals surface area contributed by atoms with E-state index in [1.807, 2.05) is 0 Å². The minimum atomic E-state index is 0.923. The van der Waals surface area contributed by atoms with Crippen molar-refractivity contribution >= 4 is 32.7 Å². The molecule has 1 aliphatic rings. The predicted molar refractivity (Wildman–Crippen MR) is 189 cm³/mol. The maximum atomic E-state index is 2.46. The summed E-state index contributed by atoms with van der Waals surface area (Å²) in [4.78, 5) is 0. The first-order valence-electron chi connectivity index (χ1n) is 15.6. The fraction of sp³-hybridized carbons (Fsp3) is 0.0909. The van der Waals surface area contributed by atoms with Gasteiger partial charge in [-0.3, -0.25) is 0 Å². The molecule has 0 fully saturated rings. The molecule has 0 saturated heterocycles. The van der Waals surface area contributed by atoms with Gasteiger partial charge in [-0.2, -0.15) is 0 Å². The predicted octanol–water partition coefficient (Wildman–Crippen LogP) is 11.8. The van der Waals surface area contributed by atoms with Gasteiger partial charge >= 0.3 is 0 Å². The summed E-state index contributed by atoms with van der Waals surface area (Å²) in [5, 5.41) is 5.18. The number of fused-ring (bicyclic) bond motifs is 3. The maximum absolute atomic E-state index is 2.46. The normalized spacial score (nSPS) is 12.7. The molecule has 0 aliphatic heterocycles. The largest absolute Gasteiger partial charge is 0.0616 e. The van der Waals surface area contributed by atoms with Crippen LogP contribution in [-0.4, -0.2) is 0 Å². The van der Waals surface area contributed by atoms with E-state index in [-0.39, 0.29) is 0 Å². The van der Waals surface area contributed by atoms with Crippen molar-refractivity contribution in [2.45, 2.75) is 27.2 Å². The minimum Gasteiger partial charge on any atom is -0.0616 e. The molecule has 0 N–H and O–H groups in total. The van der Waals surface area contributed by atoms with Gasteiger partial charge in [-0.05, 0) is 104 Å². The quantitative estimate of drug-likeness (QED) is 0.187. The van der Waals surface area contributed by atoms with E-state index in [1.54, 1.807) is 0 Å². The van der Waals surface area contributed by atoms with Crippen molar-refractivity contribution in [3.05, 3.63) is 178 Å². The Bertz CT molecular complexity index is 2170. The Morgan fingerprint density at radius 1 is 0.386 bits per heavy atom. The summed E-state index contributed by atoms with van der Waals surface area (Å²) >= 11 is 0. The van der Waals surface area contributed by atoms with Gasteiger partial charge in [-0.15, -0.1) is 0 Å². The molecule has 0 unspecified atom stereocenters. The molecule has 7 aromatic carbocycles. The number of hydrogen-bond acceptors (Lipinski definition) is 0. The lowest BCUT2D eigenvalue weighted by Gasteiger charge is -2.18. The van der Waals surface area contributed by atoms with E-state index in [9.17, 15) is 0 Å². The van der Waals surface area contributed by atoms with Gasteiger partial charge in [-0.25, -0.2) is 0 Å². The summed E-state index contributed by atoms with van der Waals surface area (Å²) in [6.45, 7) is 6.47. The van der Waals surface area contributed by atoms with Crippen LogP contribution >= 0.6 is 0 Å². The van der Waals surface area contributed by atoms with E-state index in [1.165, 1.54) is 93.9 Å². The highest BCUT2D eigenvalue weighted by atomic mass is 14.3. The van der Waals surface area contributed by atoms with E-state index in [2.05, 4.69) is 160 Å². The van der Waals surface area contributed by atoms with Crippen LogP contribution in [0.2, 0.25) is 0 Å². The first-order chi connectivity index (χ1) is 21.5. The lowest BCUT2D eigenvalue weighted by Crippen LogP contribution is -1.93. The van der Waals surface area contributed by atoms with E-state index < -0.39 is 0 Å². The number of hydrogen-bond donors (Lipinski definition) is 0. The SMILES string of the molecule is Cc1ccc(C2=C(c3ccc(C)cc3)c3ccc(-c4c5ccccc5c(-c5ccc(C)cc5)c5ccccc45)cc3C2)cc1. The summed E-state index contributed by atoms with van der Waals surface area (Å²) in [5.41, 5.74) is 17.1. The number of allylic oxidation sites excluding steroid dienone is 1. The van der Waals surface area contributed by atoms with Gasteiger partial charge in [0.1, 0.15) is 0 Å². The van der Waals surface area contributed by atoms with Gasteiger partial charge in [0.25, 0.3) is 0 Å². The highest BCUT2D eigenvalue weighted by Gasteiger charge is 2.25. The molecule has 0 radical (unpaired) electrons. The third-order valence-corrected chi connectivity index (χ3v) is 9.34. The molecule has 0 saturated carbocycles. The van der Waals surface area contributed by atoms with Crippen LogP contribution in [0.1, 0.15) is 38.9 Å². The molecular weight excluding hydrogens is 528 g/mol. The number of aryl methyl sites for hydroxylation is 3. The van der Waals surface area contributed by atoms with Gasteiger partial charge in [0.2, 0.25) is 0 Å². The van der Waals surface area contributed by atoms with Crippen molar-refractivity contribution in [1.29, 1.82) is 0 Å². The van der Waals surface area contributed by atoms with Crippen molar-refractivity contribution in [1.82, 2.24) is 0 Å². The van der Waals surface area contributed by atoms with Crippen LogP contribution in [0.3, 0.4) is 0 Å². The van der Waals surface area contributed by atoms with Crippen LogP contribution in [0.15, 0.2) is 140 Å². The molecule has 0 atom stereocenters. The van der Waals surface area contributed by atoms with Crippen molar-refractivity contribution < 1.29 is 0 Å². The Kier molecular flexibility index (Phi) is 6.31. The van der Waals surface area contributed by atoms with Gasteiger partial charge in [0, 0.05) is 0 Å². The molecule has 0 spiro atoms. The monoisotopic (exact) mass is 562 g/mol. The van der Waals surface area contributed by atoms with Crippen molar-refractivity contribution in [2.75, 3.05) is 0 Å². The molecule has 0 heteroatoms. The zero-order valence-electron chi connectivity index (χ0n) is 25.5. The van der Waals surface area contributed by atoms with Gasteiger partial charge in [0.05, 0.1) is 0 Å². The molecule has 0 nitrogen and oxygen atoms in total. The maximum Gasteiger partial charge on any atom is -0.000706 e. The van der Waals surface area contributed by atoms with Crippen LogP contribution in [0.4, 0.5) is 0 Å². The fourth-order valence-corrected chi connectivity index (χ4v) is 7.10. The summed E-state index contributed by atoms with van der Waals surface area (Å²) < 4.78 is 0. The molecular formula is C44H34. The second kappa shape index (κ2) is 10.5. The standard InChI is InChI=1S/C44H34/c1-28-12-18-31(19-13-28)41-27-35-26-34(24-25-36(35)42(41)32-20-14-29(2)15-21-32)44-39-10-6-4-8-37(39)43(33-22-16-30(3)17-23-33)38-9-5-7-11-40(38)44/h4-26H,27H2,1-3H3. The smallest absolute Gasteiger partial charge is 0.000706 e. The molecule has 0 heterocycles. The highest BCUT2D eigenvalue weighted by Crippen LogP contribution is 2.47. The Balaban J connectivity index is 1.35. The van der Waals surface area contributed by atoms with Crippen LogP contribution in [0.25, 0.3) is 54.9 Å². The second-order valence-electron chi connectivity index (χ2n) is 12.3. The molecule has 8 rings (SSSR count). The lowest BCUT2D eigenvalue weighted by atomic mass is 9.85. The second-order valence-corrected chi connectivity index (χ2v) is 12.3. The minimum absolute atomic E-state index is 0.923. The molecule has 0 aromatic heterocycles. The summed E-state index contributed by atoms with van der Waals surface area (Å²) in [6, 6.07) is 52.1. The average Bonchev–Trinajstić information content (AvgIpc) is 3.43. The summed E-state index contributed by atoms with van der Waals surface area (Å²) in [7, 11) is 0. The van der Waals surface area contributed by atoms with Crippen molar-refractivity contribution in [2.24, 2.45) is 0 Å². The third-order valence-electron chi connectivity index (χ3n) is 9.34. The van der Waals surface area contributed by atoms with Crippen molar-refractivity contribution in [3.63, 3.8) is 0 Å². The molecule has 7 aromatic rings. The van der Waals surface area contributed by atoms with Crippen molar-refractivity contribution in [3.8, 4) is 22.3 Å². The topological polar surface area (TPSA) is 0 Å². The Hall–Kier alpha value is -5.20. The molecule has 0 amide bonds. The summed E-state index contributed by atoms with van der Waals surface area (Å²) in [6.07, 6.45) is 0.923. The number of benzene rings is 7. The van der Waals surface area contributed by atoms with Crippen LogP contribution < -0.4 is 0 Å². The Morgan fingerprint density at radius 2 is 0.795 bits per heavy atom. The molecule has 1 aliphatic carbocycles. The number of rotatable bonds is 4. The zero-order chi connectivity index (χ0) is 29.8. The average molecular weight is 563 g/mol. The Morgan fingerprint density at radius 3 is 1.30 bits per heavy atom.